The summed E-state index contributed by atoms with van der Waals surface area (Å²) in [6, 6.07) is 4.67. The minimum Gasteiger partial charge on any atom is -0.466 e. The van der Waals surface area contributed by atoms with Crippen LogP contribution >= 0.6 is 0 Å². The summed E-state index contributed by atoms with van der Waals surface area (Å²) >= 11 is 0. The van der Waals surface area contributed by atoms with Crippen molar-refractivity contribution in [3.63, 3.8) is 0 Å². The van der Waals surface area contributed by atoms with Gasteiger partial charge in [-0.2, -0.15) is 0 Å². The van der Waals surface area contributed by atoms with E-state index in [1.165, 1.54) is 12.1 Å². The molecular weight excluding hydrogens is 207 g/mol. The Hall–Kier alpha value is -1.38. The fourth-order valence-corrected chi connectivity index (χ4v) is 1.75. The number of carbonyl (C=O) groups is 1. The predicted molar refractivity (Wildman–Crippen MR) is 60.8 cm³/mol. The van der Waals surface area contributed by atoms with Crippen LogP contribution in [0, 0.1) is 12.7 Å². The Morgan fingerprint density at radius 2 is 2.06 bits per heavy atom. The van der Waals surface area contributed by atoms with E-state index in [0.29, 0.717) is 18.6 Å². The maximum atomic E-state index is 13.2. The molecular formula is C13H17FO2. The standard InChI is InChI=1S/C13H17FO2/c1-4-12(13(15)16-5-2)10-6-9(3)7-11(14)8-10/h6-8,12H,4-5H2,1-3H3. The number of aryl methyl sites for hydroxylation is 1. The van der Waals surface area contributed by atoms with E-state index in [-0.39, 0.29) is 17.7 Å². The molecule has 0 bridgehead atoms. The van der Waals surface area contributed by atoms with Crippen molar-refractivity contribution in [1.82, 2.24) is 0 Å². The summed E-state index contributed by atoms with van der Waals surface area (Å²) < 4.78 is 18.2. The number of ether oxygens (including phenoxy) is 1. The normalized spacial score (nSPS) is 12.2. The third-order valence-electron chi connectivity index (χ3n) is 2.45. The van der Waals surface area contributed by atoms with Crippen LogP contribution in [0.3, 0.4) is 0 Å². The molecule has 16 heavy (non-hydrogen) atoms. The van der Waals surface area contributed by atoms with Gasteiger partial charge in [0.05, 0.1) is 12.5 Å². The summed E-state index contributed by atoms with van der Waals surface area (Å²) in [6.45, 7) is 5.82. The average Bonchev–Trinajstić information content (AvgIpc) is 2.17. The lowest BCUT2D eigenvalue weighted by atomic mass is 9.95. The average molecular weight is 224 g/mol. The molecule has 88 valence electrons. The Morgan fingerprint density at radius 3 is 2.56 bits per heavy atom. The van der Waals surface area contributed by atoms with Crippen molar-refractivity contribution in [1.29, 1.82) is 0 Å². The van der Waals surface area contributed by atoms with Crippen LogP contribution in [-0.4, -0.2) is 12.6 Å². The Kier molecular flexibility index (Phi) is 4.47. The number of benzene rings is 1. The van der Waals surface area contributed by atoms with Crippen LogP contribution in [0.15, 0.2) is 18.2 Å². The smallest absolute Gasteiger partial charge is 0.313 e. The number of hydrogen-bond donors (Lipinski definition) is 0. The van der Waals surface area contributed by atoms with Gasteiger partial charge in [0, 0.05) is 0 Å². The fourth-order valence-electron chi connectivity index (χ4n) is 1.75. The maximum absolute atomic E-state index is 13.2. The van der Waals surface area contributed by atoms with Crippen molar-refractivity contribution in [2.45, 2.75) is 33.1 Å². The third kappa shape index (κ3) is 3.05. The molecule has 1 aromatic carbocycles. The van der Waals surface area contributed by atoms with Gasteiger partial charge in [0.1, 0.15) is 5.82 Å². The molecule has 0 saturated heterocycles. The third-order valence-corrected chi connectivity index (χ3v) is 2.45. The maximum Gasteiger partial charge on any atom is 0.313 e. The van der Waals surface area contributed by atoms with Crippen LogP contribution in [-0.2, 0) is 9.53 Å². The zero-order chi connectivity index (χ0) is 12.1. The monoisotopic (exact) mass is 224 g/mol. The first-order valence-corrected chi connectivity index (χ1v) is 5.52. The second-order valence-electron chi connectivity index (χ2n) is 3.77. The molecule has 0 heterocycles. The molecule has 1 atom stereocenters. The van der Waals surface area contributed by atoms with Crippen LogP contribution in [0.4, 0.5) is 4.39 Å². The summed E-state index contributed by atoms with van der Waals surface area (Å²) in [6.07, 6.45) is 0.613. The summed E-state index contributed by atoms with van der Waals surface area (Å²) in [4.78, 5) is 11.7. The molecule has 0 fully saturated rings. The molecule has 0 amide bonds. The molecule has 0 aliphatic rings. The second kappa shape index (κ2) is 5.64. The van der Waals surface area contributed by atoms with Gasteiger partial charge in [0.15, 0.2) is 0 Å². The molecule has 0 radical (unpaired) electrons. The highest BCUT2D eigenvalue weighted by Gasteiger charge is 2.20. The van der Waals surface area contributed by atoms with E-state index in [2.05, 4.69) is 0 Å². The van der Waals surface area contributed by atoms with Crippen molar-refractivity contribution < 1.29 is 13.9 Å². The lowest BCUT2D eigenvalue weighted by Gasteiger charge is -2.14. The quantitative estimate of drug-likeness (QED) is 0.734. The van der Waals surface area contributed by atoms with Gasteiger partial charge in [-0.25, -0.2) is 4.39 Å². The predicted octanol–water partition coefficient (Wildman–Crippen LogP) is 3.19. The first-order valence-electron chi connectivity index (χ1n) is 5.52. The lowest BCUT2D eigenvalue weighted by molar-refractivity contribution is -0.145. The fraction of sp³-hybridized carbons (Fsp3) is 0.462. The summed E-state index contributed by atoms with van der Waals surface area (Å²) in [7, 11) is 0. The molecule has 1 rings (SSSR count). The van der Waals surface area contributed by atoms with Gasteiger partial charge >= 0.3 is 5.97 Å². The van der Waals surface area contributed by atoms with Crippen LogP contribution in [0.25, 0.3) is 0 Å². The van der Waals surface area contributed by atoms with Gasteiger partial charge < -0.3 is 4.74 Å². The molecule has 1 unspecified atom stereocenters. The van der Waals surface area contributed by atoms with Gasteiger partial charge in [-0.3, -0.25) is 4.79 Å². The van der Waals surface area contributed by atoms with E-state index in [9.17, 15) is 9.18 Å². The number of carbonyl (C=O) groups excluding carboxylic acids is 1. The van der Waals surface area contributed by atoms with Crippen LogP contribution < -0.4 is 0 Å². The number of hydrogen-bond acceptors (Lipinski definition) is 2. The molecule has 0 spiro atoms. The lowest BCUT2D eigenvalue weighted by Crippen LogP contribution is -2.15. The second-order valence-corrected chi connectivity index (χ2v) is 3.77. The SMILES string of the molecule is CCOC(=O)C(CC)c1cc(C)cc(F)c1. The number of halogens is 1. The van der Waals surface area contributed by atoms with Gasteiger partial charge in [-0.05, 0) is 43.5 Å². The first-order chi connectivity index (χ1) is 7.58. The topological polar surface area (TPSA) is 26.3 Å². The molecule has 0 aromatic heterocycles. The molecule has 1 aromatic rings. The zero-order valence-corrected chi connectivity index (χ0v) is 9.92. The molecule has 0 N–H and O–H groups in total. The Labute approximate surface area is 95.4 Å². The molecule has 0 saturated carbocycles. The minimum absolute atomic E-state index is 0.282. The van der Waals surface area contributed by atoms with Gasteiger partial charge in [-0.15, -0.1) is 0 Å². The highest BCUT2D eigenvalue weighted by Crippen LogP contribution is 2.23. The molecule has 0 aliphatic heterocycles. The van der Waals surface area contributed by atoms with E-state index in [0.717, 1.165) is 5.56 Å². The Balaban J connectivity index is 2.98. The molecule has 2 nitrogen and oxygen atoms in total. The van der Waals surface area contributed by atoms with E-state index < -0.39 is 0 Å². The minimum atomic E-state index is -0.366. The van der Waals surface area contributed by atoms with Gasteiger partial charge in [0.2, 0.25) is 0 Å². The highest BCUT2D eigenvalue weighted by molar-refractivity contribution is 5.78. The molecule has 0 aliphatic carbocycles. The van der Waals surface area contributed by atoms with Crippen molar-refractivity contribution >= 4 is 5.97 Å². The van der Waals surface area contributed by atoms with Gasteiger partial charge in [0.25, 0.3) is 0 Å². The highest BCUT2D eigenvalue weighted by atomic mass is 19.1. The van der Waals surface area contributed by atoms with E-state index in [1.807, 2.05) is 19.9 Å². The largest absolute Gasteiger partial charge is 0.466 e. The van der Waals surface area contributed by atoms with Crippen molar-refractivity contribution in [2.75, 3.05) is 6.61 Å². The van der Waals surface area contributed by atoms with Crippen molar-refractivity contribution in [3.05, 3.63) is 35.1 Å². The van der Waals surface area contributed by atoms with Crippen LogP contribution in [0.1, 0.15) is 37.3 Å². The molecule has 3 heteroatoms. The number of rotatable bonds is 4. The summed E-state index contributed by atoms with van der Waals surface area (Å²) in [5.41, 5.74) is 1.51. The summed E-state index contributed by atoms with van der Waals surface area (Å²) in [5.74, 6) is -0.956. The first kappa shape index (κ1) is 12.7. The zero-order valence-electron chi connectivity index (χ0n) is 9.92. The van der Waals surface area contributed by atoms with Crippen molar-refractivity contribution in [3.8, 4) is 0 Å². The van der Waals surface area contributed by atoms with E-state index >= 15 is 0 Å². The Bertz CT molecular complexity index is 354. The number of esters is 1. The van der Waals surface area contributed by atoms with Gasteiger partial charge in [-0.1, -0.05) is 13.0 Å². The van der Waals surface area contributed by atoms with Crippen LogP contribution in [0.5, 0.6) is 0 Å². The van der Waals surface area contributed by atoms with E-state index in [1.54, 1.807) is 6.92 Å². The van der Waals surface area contributed by atoms with E-state index in [4.69, 9.17) is 4.74 Å². The van der Waals surface area contributed by atoms with Crippen LogP contribution in [0.2, 0.25) is 0 Å². The summed E-state index contributed by atoms with van der Waals surface area (Å²) in [5, 5.41) is 0. The Morgan fingerprint density at radius 1 is 1.38 bits per heavy atom. The van der Waals surface area contributed by atoms with Crippen molar-refractivity contribution in [2.24, 2.45) is 0 Å².